The summed E-state index contributed by atoms with van der Waals surface area (Å²) in [4.78, 5) is 0. The number of rotatable bonds is 6. The zero-order chi connectivity index (χ0) is 12.9. The Balaban J connectivity index is 2.54. The molecule has 0 spiro atoms. The smallest absolute Gasteiger partial charge is 0.214 e. The molecule has 0 amide bonds. The molecule has 0 saturated carbocycles. The highest BCUT2D eigenvalue weighted by Crippen LogP contribution is 2.17. The topological polar surface area (TPSA) is 58.6 Å². The Kier molecular flexibility index (Phi) is 5.85. The Morgan fingerprint density at radius 2 is 2.00 bits per heavy atom. The van der Waals surface area contributed by atoms with Crippen molar-refractivity contribution < 1.29 is 13.2 Å². The Morgan fingerprint density at radius 1 is 1.41 bits per heavy atom. The van der Waals surface area contributed by atoms with Crippen molar-refractivity contribution in [1.29, 1.82) is 0 Å². The van der Waals surface area contributed by atoms with Crippen LogP contribution in [0.2, 0.25) is 0 Å². The molecule has 0 aromatic heterocycles. The Hall–Kier alpha value is -0.170. The first-order chi connectivity index (χ1) is 7.97. The zero-order valence-corrected chi connectivity index (χ0v) is 11.8. The largest absolute Gasteiger partial charge is 0.383 e. The predicted molar refractivity (Wildman–Crippen MR) is 68.5 cm³/mol. The second-order valence-corrected chi connectivity index (χ2v) is 6.87. The molecular weight excluding hydrogens is 240 g/mol. The Bertz CT molecular complexity index is 313. The molecule has 1 saturated heterocycles. The third-order valence-electron chi connectivity index (χ3n) is 3.37. The lowest BCUT2D eigenvalue weighted by Crippen LogP contribution is -2.42. The molecule has 1 fully saturated rings. The first-order valence-corrected chi connectivity index (χ1v) is 7.73. The minimum Gasteiger partial charge on any atom is -0.383 e. The van der Waals surface area contributed by atoms with Crippen LogP contribution in [0.4, 0.5) is 0 Å². The number of sulfonamides is 1. The van der Waals surface area contributed by atoms with Gasteiger partial charge in [0.1, 0.15) is 0 Å². The molecule has 1 aliphatic rings. The monoisotopic (exact) mass is 264 g/mol. The molecule has 1 heterocycles. The maximum atomic E-state index is 12.2. The summed E-state index contributed by atoms with van der Waals surface area (Å²) in [6.07, 6.45) is 1.90. The van der Waals surface area contributed by atoms with Crippen molar-refractivity contribution in [1.82, 2.24) is 9.62 Å². The second-order valence-electron chi connectivity index (χ2n) is 4.79. The molecule has 1 N–H and O–H groups in total. The summed E-state index contributed by atoms with van der Waals surface area (Å²) in [5, 5.41) is 3.24. The van der Waals surface area contributed by atoms with E-state index in [1.165, 1.54) is 4.31 Å². The van der Waals surface area contributed by atoms with Crippen LogP contribution in [0.15, 0.2) is 0 Å². The van der Waals surface area contributed by atoms with Crippen LogP contribution in [-0.4, -0.2) is 58.4 Å². The number of ether oxygens (including phenoxy) is 1. The van der Waals surface area contributed by atoms with Crippen molar-refractivity contribution in [2.24, 2.45) is 5.92 Å². The van der Waals surface area contributed by atoms with Crippen LogP contribution in [0.1, 0.15) is 19.8 Å². The van der Waals surface area contributed by atoms with Gasteiger partial charge in [0, 0.05) is 20.2 Å². The van der Waals surface area contributed by atoms with Gasteiger partial charge in [0.2, 0.25) is 10.0 Å². The van der Waals surface area contributed by atoms with Crippen molar-refractivity contribution in [2.45, 2.75) is 25.8 Å². The highest BCUT2D eigenvalue weighted by Gasteiger charge is 2.27. The molecule has 1 rings (SSSR count). The Morgan fingerprint density at radius 3 is 2.53 bits per heavy atom. The van der Waals surface area contributed by atoms with Crippen molar-refractivity contribution >= 4 is 10.0 Å². The minimum absolute atomic E-state index is 0.105. The molecule has 102 valence electrons. The molecule has 1 unspecified atom stereocenters. The summed E-state index contributed by atoms with van der Waals surface area (Å²) in [6, 6.07) is -0.105. The normalized spacial score (nSPS) is 20.7. The highest BCUT2D eigenvalue weighted by atomic mass is 32.2. The summed E-state index contributed by atoms with van der Waals surface area (Å²) in [5.74, 6) is 0.553. The van der Waals surface area contributed by atoms with Crippen LogP contribution >= 0.6 is 0 Å². The summed E-state index contributed by atoms with van der Waals surface area (Å²) in [5.41, 5.74) is 0. The van der Waals surface area contributed by atoms with E-state index >= 15 is 0 Å². The number of nitrogens with one attached hydrogen (secondary N) is 1. The van der Waals surface area contributed by atoms with Crippen molar-refractivity contribution in [3.05, 3.63) is 0 Å². The number of hydrogen-bond acceptors (Lipinski definition) is 4. The van der Waals surface area contributed by atoms with E-state index in [1.807, 2.05) is 6.92 Å². The molecule has 0 aromatic rings. The zero-order valence-electron chi connectivity index (χ0n) is 11.0. The van der Waals surface area contributed by atoms with Gasteiger partial charge in [-0.25, -0.2) is 8.42 Å². The fraction of sp³-hybridized carbons (Fsp3) is 1.00. The lowest BCUT2D eigenvalue weighted by atomic mass is 10.0. The molecule has 17 heavy (non-hydrogen) atoms. The van der Waals surface area contributed by atoms with E-state index in [0.717, 1.165) is 25.9 Å². The van der Waals surface area contributed by atoms with E-state index in [-0.39, 0.29) is 11.8 Å². The quantitative estimate of drug-likeness (QED) is 0.749. The molecule has 0 radical (unpaired) electrons. The van der Waals surface area contributed by atoms with Gasteiger partial charge in [-0.3, -0.25) is 0 Å². The van der Waals surface area contributed by atoms with E-state index in [0.29, 0.717) is 12.5 Å². The van der Waals surface area contributed by atoms with Crippen LogP contribution in [0.3, 0.4) is 0 Å². The fourth-order valence-corrected chi connectivity index (χ4v) is 3.86. The van der Waals surface area contributed by atoms with Crippen molar-refractivity contribution in [3.8, 4) is 0 Å². The summed E-state index contributed by atoms with van der Waals surface area (Å²) in [7, 11) is 0.0703. The van der Waals surface area contributed by atoms with Crippen LogP contribution < -0.4 is 5.32 Å². The van der Waals surface area contributed by atoms with Crippen molar-refractivity contribution in [2.75, 3.05) is 39.6 Å². The first-order valence-electron chi connectivity index (χ1n) is 6.12. The van der Waals surface area contributed by atoms with E-state index in [2.05, 4.69) is 5.32 Å². The fourth-order valence-electron chi connectivity index (χ4n) is 2.08. The van der Waals surface area contributed by atoms with Crippen molar-refractivity contribution in [3.63, 3.8) is 0 Å². The number of likely N-dealkylation sites (N-methyl/N-ethyl adjacent to an activating group) is 1. The van der Waals surface area contributed by atoms with Gasteiger partial charge in [0.15, 0.2) is 0 Å². The SMILES string of the molecule is COCC(C)N(C)S(=O)(=O)CC1CCNCC1. The molecular formula is C11H24N2O3S. The van der Waals surface area contributed by atoms with Crippen LogP contribution in [0.5, 0.6) is 0 Å². The van der Waals surface area contributed by atoms with Crippen LogP contribution in [0.25, 0.3) is 0 Å². The molecule has 0 bridgehead atoms. The standard InChI is InChI=1S/C11H24N2O3S/c1-10(8-16-3)13(2)17(14,15)9-11-4-6-12-7-5-11/h10-12H,4-9H2,1-3H3. The van der Waals surface area contributed by atoms with E-state index in [9.17, 15) is 8.42 Å². The van der Waals surface area contributed by atoms with Crippen LogP contribution in [-0.2, 0) is 14.8 Å². The molecule has 0 aliphatic carbocycles. The number of methoxy groups -OCH3 is 1. The number of hydrogen-bond donors (Lipinski definition) is 1. The lowest BCUT2D eigenvalue weighted by molar-refractivity contribution is 0.149. The molecule has 5 nitrogen and oxygen atoms in total. The maximum absolute atomic E-state index is 12.2. The lowest BCUT2D eigenvalue weighted by Gasteiger charge is -2.28. The predicted octanol–water partition coefficient (Wildman–Crippen LogP) is 0.283. The molecule has 6 heteroatoms. The minimum atomic E-state index is -3.16. The van der Waals surface area contributed by atoms with Gasteiger partial charge < -0.3 is 10.1 Å². The summed E-state index contributed by atoms with van der Waals surface area (Å²) in [6.45, 7) is 4.15. The molecule has 0 aromatic carbocycles. The number of piperidine rings is 1. The second kappa shape index (κ2) is 6.68. The number of nitrogens with zero attached hydrogens (tertiary/aromatic N) is 1. The average molecular weight is 264 g/mol. The molecule has 1 aliphatic heterocycles. The highest BCUT2D eigenvalue weighted by molar-refractivity contribution is 7.89. The van der Waals surface area contributed by atoms with Gasteiger partial charge in [-0.2, -0.15) is 4.31 Å². The molecule has 1 atom stereocenters. The van der Waals surface area contributed by atoms with E-state index in [1.54, 1.807) is 14.2 Å². The Labute approximate surface area is 105 Å². The summed E-state index contributed by atoms with van der Waals surface area (Å²) >= 11 is 0. The van der Waals surface area contributed by atoms with Gasteiger partial charge >= 0.3 is 0 Å². The maximum Gasteiger partial charge on any atom is 0.214 e. The third kappa shape index (κ3) is 4.54. The first kappa shape index (κ1) is 14.9. The average Bonchev–Trinajstić information content (AvgIpc) is 2.29. The van der Waals surface area contributed by atoms with Gasteiger partial charge in [-0.05, 0) is 38.8 Å². The van der Waals surface area contributed by atoms with Gasteiger partial charge in [-0.1, -0.05) is 0 Å². The van der Waals surface area contributed by atoms with Gasteiger partial charge in [-0.15, -0.1) is 0 Å². The third-order valence-corrected chi connectivity index (χ3v) is 5.50. The summed E-state index contributed by atoms with van der Waals surface area (Å²) < 4.78 is 30.8. The van der Waals surface area contributed by atoms with Crippen LogP contribution in [0, 0.1) is 5.92 Å². The van der Waals surface area contributed by atoms with E-state index in [4.69, 9.17) is 4.74 Å². The van der Waals surface area contributed by atoms with E-state index < -0.39 is 10.0 Å². The van der Waals surface area contributed by atoms with Gasteiger partial charge in [0.05, 0.1) is 12.4 Å². The van der Waals surface area contributed by atoms with Gasteiger partial charge in [0.25, 0.3) is 0 Å².